The van der Waals surface area contributed by atoms with Gasteiger partial charge in [0.1, 0.15) is 0 Å². The number of benzene rings is 3. The third kappa shape index (κ3) is 2.57. The molecule has 24 heavy (non-hydrogen) atoms. The van der Waals surface area contributed by atoms with E-state index < -0.39 is 0 Å². The standard InChI is InChI=1S/C21H14BrNO/c22-16-11-12-20-18(13-16)19(21(24)15-7-3-1-4-8-15)14-23(20)17-9-5-2-6-10-17/h1-14H. The van der Waals surface area contributed by atoms with Crippen LogP contribution in [0.25, 0.3) is 16.6 Å². The van der Waals surface area contributed by atoms with Crippen LogP contribution in [0.4, 0.5) is 0 Å². The lowest BCUT2D eigenvalue weighted by Gasteiger charge is -2.04. The Morgan fingerprint density at radius 3 is 2.21 bits per heavy atom. The number of carbonyl (C=O) groups is 1. The van der Waals surface area contributed by atoms with Gasteiger partial charge in [-0.05, 0) is 30.3 Å². The van der Waals surface area contributed by atoms with Crippen LogP contribution in [0.1, 0.15) is 15.9 Å². The normalized spacial score (nSPS) is 10.9. The number of halogens is 1. The summed E-state index contributed by atoms with van der Waals surface area (Å²) < 4.78 is 3.03. The number of fused-ring (bicyclic) bond motifs is 1. The van der Waals surface area contributed by atoms with Gasteiger partial charge in [0, 0.05) is 32.9 Å². The van der Waals surface area contributed by atoms with Crippen molar-refractivity contribution in [2.24, 2.45) is 0 Å². The summed E-state index contributed by atoms with van der Waals surface area (Å²) in [5, 5.41) is 0.946. The maximum Gasteiger partial charge on any atom is 0.195 e. The third-order valence-electron chi connectivity index (χ3n) is 4.08. The molecule has 0 aliphatic rings. The molecule has 0 fully saturated rings. The Morgan fingerprint density at radius 2 is 1.50 bits per heavy atom. The van der Waals surface area contributed by atoms with Crippen LogP contribution >= 0.6 is 15.9 Å². The highest BCUT2D eigenvalue weighted by atomic mass is 79.9. The van der Waals surface area contributed by atoms with Crippen molar-refractivity contribution >= 4 is 32.6 Å². The van der Waals surface area contributed by atoms with Crippen LogP contribution in [0.2, 0.25) is 0 Å². The number of hydrogen-bond acceptors (Lipinski definition) is 1. The number of nitrogens with zero attached hydrogens (tertiary/aromatic N) is 1. The highest BCUT2D eigenvalue weighted by Gasteiger charge is 2.17. The molecule has 0 N–H and O–H groups in total. The zero-order valence-electron chi connectivity index (χ0n) is 12.8. The summed E-state index contributed by atoms with van der Waals surface area (Å²) in [6.45, 7) is 0. The summed E-state index contributed by atoms with van der Waals surface area (Å²) >= 11 is 3.52. The lowest BCUT2D eigenvalue weighted by Crippen LogP contribution is -2.00. The maximum atomic E-state index is 13.0. The van der Waals surface area contributed by atoms with Crippen LogP contribution in [0.5, 0.6) is 0 Å². The fourth-order valence-corrected chi connectivity index (χ4v) is 3.29. The second kappa shape index (κ2) is 6.10. The van der Waals surface area contributed by atoms with Gasteiger partial charge in [-0.1, -0.05) is 64.5 Å². The Morgan fingerprint density at radius 1 is 0.833 bits per heavy atom. The van der Waals surface area contributed by atoms with E-state index in [0.717, 1.165) is 21.1 Å². The first kappa shape index (κ1) is 14.9. The first-order valence-electron chi connectivity index (χ1n) is 7.70. The first-order chi connectivity index (χ1) is 11.7. The minimum absolute atomic E-state index is 0.0355. The van der Waals surface area contributed by atoms with Gasteiger partial charge in [-0.3, -0.25) is 4.79 Å². The monoisotopic (exact) mass is 375 g/mol. The maximum absolute atomic E-state index is 13.0. The predicted molar refractivity (Wildman–Crippen MR) is 101 cm³/mol. The van der Waals surface area contributed by atoms with Crippen LogP contribution in [-0.2, 0) is 0 Å². The first-order valence-corrected chi connectivity index (χ1v) is 8.49. The number of para-hydroxylation sites is 1. The fraction of sp³-hybridized carbons (Fsp3) is 0. The average molecular weight is 376 g/mol. The molecule has 0 saturated heterocycles. The lowest BCUT2D eigenvalue weighted by molar-refractivity contribution is 0.104. The van der Waals surface area contributed by atoms with Gasteiger partial charge < -0.3 is 4.57 Å². The summed E-state index contributed by atoms with van der Waals surface area (Å²) in [5.74, 6) is 0.0355. The molecule has 0 saturated carbocycles. The molecule has 3 heteroatoms. The van der Waals surface area contributed by atoms with Crippen LogP contribution in [0.3, 0.4) is 0 Å². The lowest BCUT2D eigenvalue weighted by atomic mass is 10.0. The zero-order chi connectivity index (χ0) is 16.5. The van der Waals surface area contributed by atoms with Crippen molar-refractivity contribution in [2.75, 3.05) is 0 Å². The summed E-state index contributed by atoms with van der Waals surface area (Å²) in [5.41, 5.74) is 3.46. The molecule has 1 heterocycles. The van der Waals surface area contributed by atoms with Gasteiger partial charge in [0.15, 0.2) is 5.78 Å². The molecule has 3 aromatic carbocycles. The molecule has 0 amide bonds. The van der Waals surface area contributed by atoms with E-state index in [0.29, 0.717) is 11.1 Å². The number of hydrogen-bond donors (Lipinski definition) is 0. The zero-order valence-corrected chi connectivity index (χ0v) is 14.4. The van der Waals surface area contributed by atoms with Crippen molar-refractivity contribution in [1.29, 1.82) is 0 Å². The summed E-state index contributed by atoms with van der Waals surface area (Å²) in [6, 6.07) is 25.5. The van der Waals surface area contributed by atoms with Gasteiger partial charge in [-0.25, -0.2) is 0 Å². The number of carbonyl (C=O) groups excluding carboxylic acids is 1. The SMILES string of the molecule is O=C(c1ccccc1)c1cn(-c2ccccc2)c2ccc(Br)cc12. The molecular formula is C21H14BrNO. The molecule has 0 bridgehead atoms. The van der Waals surface area contributed by atoms with E-state index in [1.807, 2.05) is 85.1 Å². The minimum atomic E-state index is 0.0355. The smallest absolute Gasteiger partial charge is 0.195 e. The molecule has 116 valence electrons. The number of rotatable bonds is 3. The molecule has 0 spiro atoms. The highest BCUT2D eigenvalue weighted by Crippen LogP contribution is 2.29. The summed E-state index contributed by atoms with van der Waals surface area (Å²) in [6.07, 6.45) is 1.93. The topological polar surface area (TPSA) is 22.0 Å². The van der Waals surface area contributed by atoms with Crippen molar-refractivity contribution < 1.29 is 4.79 Å². The van der Waals surface area contributed by atoms with Gasteiger partial charge in [0.2, 0.25) is 0 Å². The quantitative estimate of drug-likeness (QED) is 0.425. The predicted octanol–water partition coefficient (Wildman–Crippen LogP) is 5.62. The van der Waals surface area contributed by atoms with E-state index in [4.69, 9.17) is 0 Å². The largest absolute Gasteiger partial charge is 0.316 e. The van der Waals surface area contributed by atoms with E-state index in [-0.39, 0.29) is 5.78 Å². The van der Waals surface area contributed by atoms with Crippen molar-refractivity contribution in [2.45, 2.75) is 0 Å². The minimum Gasteiger partial charge on any atom is -0.316 e. The fourth-order valence-electron chi connectivity index (χ4n) is 2.93. The molecule has 1 aromatic heterocycles. The average Bonchev–Trinajstić information content (AvgIpc) is 3.01. The van der Waals surface area contributed by atoms with E-state index in [1.165, 1.54) is 0 Å². The van der Waals surface area contributed by atoms with E-state index in [9.17, 15) is 4.79 Å². The van der Waals surface area contributed by atoms with Gasteiger partial charge >= 0.3 is 0 Å². The van der Waals surface area contributed by atoms with Gasteiger partial charge in [-0.2, -0.15) is 0 Å². The van der Waals surface area contributed by atoms with Crippen molar-refractivity contribution in [3.05, 3.63) is 101 Å². The van der Waals surface area contributed by atoms with Crippen LogP contribution in [-0.4, -0.2) is 10.4 Å². The Balaban J connectivity index is 1.96. The summed E-state index contributed by atoms with van der Waals surface area (Å²) in [7, 11) is 0. The number of aromatic nitrogens is 1. The number of ketones is 1. The molecule has 0 aliphatic heterocycles. The molecule has 4 aromatic rings. The molecule has 0 unspecified atom stereocenters. The Kier molecular flexibility index (Phi) is 3.79. The highest BCUT2D eigenvalue weighted by molar-refractivity contribution is 9.10. The van der Waals surface area contributed by atoms with Crippen LogP contribution < -0.4 is 0 Å². The molecule has 0 atom stereocenters. The Bertz CT molecular complexity index is 1020. The van der Waals surface area contributed by atoms with E-state index in [1.54, 1.807) is 0 Å². The van der Waals surface area contributed by atoms with Gasteiger partial charge in [0.05, 0.1) is 5.52 Å². The van der Waals surface area contributed by atoms with Gasteiger partial charge in [0.25, 0.3) is 0 Å². The molecular weight excluding hydrogens is 362 g/mol. The van der Waals surface area contributed by atoms with E-state index in [2.05, 4.69) is 20.5 Å². The molecule has 0 aliphatic carbocycles. The van der Waals surface area contributed by atoms with Crippen LogP contribution in [0, 0.1) is 0 Å². The third-order valence-corrected chi connectivity index (χ3v) is 4.57. The van der Waals surface area contributed by atoms with E-state index >= 15 is 0 Å². The second-order valence-electron chi connectivity index (χ2n) is 5.60. The second-order valence-corrected chi connectivity index (χ2v) is 6.52. The molecule has 2 nitrogen and oxygen atoms in total. The van der Waals surface area contributed by atoms with Crippen molar-refractivity contribution in [3.63, 3.8) is 0 Å². The Hall–Kier alpha value is -2.65. The molecule has 4 rings (SSSR count). The van der Waals surface area contributed by atoms with Crippen molar-refractivity contribution in [1.82, 2.24) is 4.57 Å². The Labute approximate surface area is 148 Å². The van der Waals surface area contributed by atoms with Gasteiger partial charge in [-0.15, -0.1) is 0 Å². The summed E-state index contributed by atoms with van der Waals surface area (Å²) in [4.78, 5) is 13.0. The molecule has 0 radical (unpaired) electrons. The van der Waals surface area contributed by atoms with Crippen LogP contribution in [0.15, 0.2) is 89.5 Å². The van der Waals surface area contributed by atoms with Crippen molar-refractivity contribution in [3.8, 4) is 5.69 Å².